The zero-order chi connectivity index (χ0) is 15.8. The molecule has 0 saturated carbocycles. The normalized spacial score (nSPS) is 32.5. The van der Waals surface area contributed by atoms with Gasteiger partial charge in [-0.15, -0.1) is 0 Å². The molecular formula is C14H25N3O3S. The number of amides is 1. The number of hydrogen-bond donors (Lipinski definition) is 1. The lowest BCUT2D eigenvalue weighted by atomic mass is 9.67. The van der Waals surface area contributed by atoms with Gasteiger partial charge in [-0.25, -0.2) is 12.7 Å². The van der Waals surface area contributed by atoms with Gasteiger partial charge in [-0.2, -0.15) is 0 Å². The Kier molecular flexibility index (Phi) is 4.44. The van der Waals surface area contributed by atoms with Crippen LogP contribution in [0.5, 0.6) is 0 Å². The van der Waals surface area contributed by atoms with Gasteiger partial charge in [0, 0.05) is 33.0 Å². The highest BCUT2D eigenvalue weighted by Gasteiger charge is 2.45. The largest absolute Gasteiger partial charge is 0.304 e. The third-order valence-corrected chi connectivity index (χ3v) is 6.88. The lowest BCUT2D eigenvalue weighted by molar-refractivity contribution is -0.131. The highest BCUT2D eigenvalue weighted by molar-refractivity contribution is 7.89. The summed E-state index contributed by atoms with van der Waals surface area (Å²) in [5.74, 6) is 0.563. The molecule has 0 bridgehead atoms. The quantitative estimate of drug-likeness (QED) is 0.852. The second kappa shape index (κ2) is 5.68. The van der Waals surface area contributed by atoms with Gasteiger partial charge >= 0.3 is 0 Å². The van der Waals surface area contributed by atoms with E-state index in [4.69, 9.17) is 5.41 Å². The first-order valence-corrected chi connectivity index (χ1v) is 9.12. The monoisotopic (exact) mass is 315 g/mol. The summed E-state index contributed by atoms with van der Waals surface area (Å²) < 4.78 is 25.7. The predicted molar refractivity (Wildman–Crippen MR) is 81.6 cm³/mol. The Morgan fingerprint density at radius 3 is 2.62 bits per heavy atom. The lowest BCUT2D eigenvalue weighted by Gasteiger charge is -2.46. The summed E-state index contributed by atoms with van der Waals surface area (Å²) >= 11 is 0. The number of hydrogen-bond acceptors (Lipinski definition) is 4. The molecule has 120 valence electrons. The van der Waals surface area contributed by atoms with Crippen LogP contribution in [-0.4, -0.2) is 55.3 Å². The highest BCUT2D eigenvalue weighted by atomic mass is 32.2. The molecule has 1 amide bonds. The third-order valence-electron chi connectivity index (χ3n) is 5.03. The summed E-state index contributed by atoms with van der Waals surface area (Å²) in [6, 6.07) is 0. The first kappa shape index (κ1) is 16.4. The van der Waals surface area contributed by atoms with Gasteiger partial charge in [0.15, 0.2) is 0 Å². The number of sulfonamides is 1. The maximum Gasteiger partial charge on any atom is 0.228 e. The molecule has 6 nitrogen and oxygen atoms in total. The smallest absolute Gasteiger partial charge is 0.228 e. The summed E-state index contributed by atoms with van der Waals surface area (Å²) in [5.41, 5.74) is -0.303. The molecular weight excluding hydrogens is 290 g/mol. The SMILES string of the molecule is CCS(=O)(=O)N1CCCC([C@@]2(C)CC(=N)N(C)C(=O)C2)C1. The standard InChI is InChI=1S/C14H25N3O3S/c1-4-21(19,20)17-7-5-6-11(10-17)14(2)8-12(15)16(3)13(18)9-14/h11,15H,4-10H2,1-3H3/t11?,14-/m0/s1. The van der Waals surface area contributed by atoms with Crippen molar-refractivity contribution in [2.75, 3.05) is 25.9 Å². The molecule has 0 radical (unpaired) electrons. The van der Waals surface area contributed by atoms with E-state index in [1.165, 1.54) is 4.90 Å². The molecule has 2 aliphatic heterocycles. The minimum absolute atomic E-state index is 0.0378. The van der Waals surface area contributed by atoms with Crippen molar-refractivity contribution in [2.45, 2.75) is 39.5 Å². The van der Waals surface area contributed by atoms with E-state index in [-0.39, 0.29) is 23.0 Å². The number of carbonyl (C=O) groups is 1. The van der Waals surface area contributed by atoms with Gasteiger partial charge in [0.05, 0.1) is 5.75 Å². The number of nitrogens with one attached hydrogen (secondary N) is 1. The van der Waals surface area contributed by atoms with Crippen LogP contribution in [0.2, 0.25) is 0 Å². The van der Waals surface area contributed by atoms with Crippen molar-refractivity contribution in [3.8, 4) is 0 Å². The number of piperidine rings is 2. The fraction of sp³-hybridized carbons (Fsp3) is 0.857. The molecule has 0 aromatic rings. The van der Waals surface area contributed by atoms with E-state index < -0.39 is 10.0 Å². The number of rotatable bonds is 3. The van der Waals surface area contributed by atoms with E-state index >= 15 is 0 Å². The Hall–Kier alpha value is -0.950. The van der Waals surface area contributed by atoms with Gasteiger partial charge in [0.2, 0.25) is 15.9 Å². The average molecular weight is 315 g/mol. The summed E-state index contributed by atoms with van der Waals surface area (Å²) in [7, 11) is -1.54. The fourth-order valence-electron chi connectivity index (χ4n) is 3.41. The number of amidine groups is 1. The van der Waals surface area contributed by atoms with Crippen molar-refractivity contribution in [2.24, 2.45) is 11.3 Å². The molecule has 2 heterocycles. The van der Waals surface area contributed by atoms with Crippen LogP contribution in [0.3, 0.4) is 0 Å². The molecule has 1 N–H and O–H groups in total. The van der Waals surface area contributed by atoms with Crippen molar-refractivity contribution >= 4 is 21.8 Å². The molecule has 0 aromatic heterocycles. The minimum atomic E-state index is -3.17. The topological polar surface area (TPSA) is 81.5 Å². The maximum absolute atomic E-state index is 12.1. The third kappa shape index (κ3) is 3.13. The fourth-order valence-corrected chi connectivity index (χ4v) is 4.59. The van der Waals surface area contributed by atoms with Crippen molar-refractivity contribution in [3.63, 3.8) is 0 Å². The predicted octanol–water partition coefficient (Wildman–Crippen LogP) is 1.28. The summed E-state index contributed by atoms with van der Waals surface area (Å²) in [6.45, 7) is 4.75. The molecule has 2 fully saturated rings. The Morgan fingerprint density at radius 1 is 1.38 bits per heavy atom. The number of carbonyl (C=O) groups excluding carboxylic acids is 1. The van der Waals surface area contributed by atoms with E-state index in [0.717, 1.165) is 12.8 Å². The number of nitrogens with zero attached hydrogens (tertiary/aromatic N) is 2. The van der Waals surface area contributed by atoms with Crippen molar-refractivity contribution in [1.82, 2.24) is 9.21 Å². The molecule has 1 unspecified atom stereocenters. The second-order valence-corrected chi connectivity index (χ2v) is 8.76. The zero-order valence-corrected chi connectivity index (χ0v) is 13.9. The van der Waals surface area contributed by atoms with Crippen LogP contribution in [0.15, 0.2) is 0 Å². The van der Waals surface area contributed by atoms with E-state index in [9.17, 15) is 13.2 Å². The minimum Gasteiger partial charge on any atom is -0.304 e. The summed E-state index contributed by atoms with van der Waals surface area (Å²) in [5, 5.41) is 7.98. The average Bonchev–Trinajstić information content (AvgIpc) is 2.45. The van der Waals surface area contributed by atoms with Crippen LogP contribution in [-0.2, 0) is 14.8 Å². The molecule has 2 rings (SSSR count). The molecule has 21 heavy (non-hydrogen) atoms. The zero-order valence-electron chi connectivity index (χ0n) is 13.1. The maximum atomic E-state index is 12.1. The first-order valence-electron chi connectivity index (χ1n) is 7.51. The van der Waals surface area contributed by atoms with E-state index in [1.54, 1.807) is 18.3 Å². The number of likely N-dealkylation sites (tertiary alicyclic amines) is 1. The van der Waals surface area contributed by atoms with Crippen molar-refractivity contribution < 1.29 is 13.2 Å². The van der Waals surface area contributed by atoms with Crippen LogP contribution in [0.4, 0.5) is 0 Å². The van der Waals surface area contributed by atoms with Crippen molar-refractivity contribution in [1.29, 1.82) is 5.41 Å². The van der Waals surface area contributed by atoms with Gasteiger partial charge < -0.3 is 4.90 Å². The second-order valence-electron chi connectivity index (χ2n) is 6.50. The van der Waals surface area contributed by atoms with E-state index in [0.29, 0.717) is 31.8 Å². The molecule has 0 aromatic carbocycles. The van der Waals surface area contributed by atoms with E-state index in [2.05, 4.69) is 0 Å². The molecule has 2 aliphatic rings. The molecule has 2 atom stereocenters. The summed E-state index contributed by atoms with van der Waals surface area (Å²) in [6.07, 6.45) is 2.70. The molecule has 2 saturated heterocycles. The van der Waals surface area contributed by atoms with Crippen LogP contribution in [0, 0.1) is 16.7 Å². The Bertz CT molecular complexity index is 526. The van der Waals surface area contributed by atoms with Gasteiger partial charge in [-0.1, -0.05) is 6.92 Å². The Morgan fingerprint density at radius 2 is 2.05 bits per heavy atom. The van der Waals surface area contributed by atoms with Gasteiger partial charge in [-0.05, 0) is 31.1 Å². The van der Waals surface area contributed by atoms with Gasteiger partial charge in [-0.3, -0.25) is 10.2 Å². The Balaban J connectivity index is 2.17. The molecule has 7 heteroatoms. The Labute approximate surface area is 127 Å². The first-order chi connectivity index (χ1) is 9.69. The van der Waals surface area contributed by atoms with Crippen LogP contribution >= 0.6 is 0 Å². The van der Waals surface area contributed by atoms with Crippen LogP contribution < -0.4 is 0 Å². The van der Waals surface area contributed by atoms with Gasteiger partial charge in [0.1, 0.15) is 5.84 Å². The van der Waals surface area contributed by atoms with Crippen molar-refractivity contribution in [3.05, 3.63) is 0 Å². The van der Waals surface area contributed by atoms with Gasteiger partial charge in [0.25, 0.3) is 0 Å². The summed E-state index contributed by atoms with van der Waals surface area (Å²) in [4.78, 5) is 13.5. The lowest BCUT2D eigenvalue weighted by Crippen LogP contribution is -2.52. The molecule has 0 aliphatic carbocycles. The van der Waals surface area contributed by atoms with Crippen LogP contribution in [0.1, 0.15) is 39.5 Å². The van der Waals surface area contributed by atoms with E-state index in [1.807, 2.05) is 6.92 Å². The molecule has 0 spiro atoms. The van der Waals surface area contributed by atoms with Crippen LogP contribution in [0.25, 0.3) is 0 Å². The highest BCUT2D eigenvalue weighted by Crippen LogP contribution is 2.43.